The molecule has 0 aromatic rings. The summed E-state index contributed by atoms with van der Waals surface area (Å²) >= 11 is 0. The van der Waals surface area contributed by atoms with Crippen molar-refractivity contribution in [3.05, 3.63) is 12.2 Å². The van der Waals surface area contributed by atoms with Crippen molar-refractivity contribution in [2.45, 2.75) is 544 Å². The van der Waals surface area contributed by atoms with Crippen LogP contribution in [0.3, 0.4) is 0 Å². The number of carbonyl (C=O) groups is 7. The number of ether oxygens (including phenoxy) is 13. The van der Waals surface area contributed by atoms with Crippen LogP contribution < -0.4 is 90.6 Å². The summed E-state index contributed by atoms with van der Waals surface area (Å²) in [7, 11) is 0. The third kappa shape index (κ3) is 44.9. The van der Waals surface area contributed by atoms with E-state index < -0.39 is 308 Å². The van der Waals surface area contributed by atoms with Crippen LogP contribution in [0.25, 0.3) is 0 Å². The van der Waals surface area contributed by atoms with Crippen molar-refractivity contribution in [2.24, 2.45) is 0 Å². The number of aliphatic carboxylic acids is 2. The van der Waals surface area contributed by atoms with Crippen molar-refractivity contribution in [2.75, 3.05) is 46.2 Å². The van der Waals surface area contributed by atoms with Gasteiger partial charge in [-0.15, -0.1) is 0 Å². The Bertz CT molecular complexity index is 3650. The molecule has 850 valence electrons. The number of rotatable bonds is 76. The number of aliphatic hydroxyl groups excluding tert-OH is 18. The minimum Gasteiger partial charge on any atom is -0.544 e. The van der Waals surface area contributed by atoms with Gasteiger partial charge in [0.05, 0.1) is 76.6 Å². The van der Waals surface area contributed by atoms with E-state index in [4.69, 9.17) is 61.6 Å². The van der Waals surface area contributed by atoms with Crippen LogP contribution >= 0.6 is 0 Å². The topological polar surface area (TPSA) is 698 Å². The number of carboxylic acids is 2. The van der Waals surface area contributed by atoms with Gasteiger partial charge >= 0.3 is 65.1 Å². The van der Waals surface area contributed by atoms with Crippen molar-refractivity contribution >= 4 is 41.5 Å². The Morgan fingerprint density at radius 2 is 0.709 bits per heavy atom. The normalized spacial score (nSPS) is 31.6. The van der Waals surface area contributed by atoms with Gasteiger partial charge in [0, 0.05) is 46.5 Å². The molecule has 4 amide bonds. The van der Waals surface area contributed by atoms with Crippen LogP contribution in [0.15, 0.2) is 12.2 Å². The van der Waals surface area contributed by atoms with Crippen molar-refractivity contribution < 1.29 is 256 Å². The summed E-state index contributed by atoms with van der Waals surface area (Å²) in [6, 6.07) is -6.99. The number of hydrogen-bond donors (Lipinski definition) is 22. The molecule has 6 saturated heterocycles. The molecular formula is C102H180N4Na2O40. The van der Waals surface area contributed by atoms with E-state index in [0.29, 0.717) is 19.3 Å². The zero-order chi connectivity index (χ0) is 107. The Morgan fingerprint density at radius 3 is 1.09 bits per heavy atom. The first-order chi connectivity index (χ1) is 70.0. The molecule has 6 heterocycles. The maximum atomic E-state index is 14.4. The van der Waals surface area contributed by atoms with E-state index in [2.05, 4.69) is 42.0 Å². The molecule has 0 bridgehead atoms. The first-order valence-corrected chi connectivity index (χ1v) is 54.1. The average molecular weight is 2150 g/mol. The number of aliphatic hydroxyl groups is 18. The second-order valence-electron chi connectivity index (χ2n) is 40.4. The molecule has 0 aliphatic carbocycles. The largest absolute Gasteiger partial charge is 1.00 e. The SMILES string of the molecule is CCCCCCCCCCCCC/C=C/C(OC(=O)CCCCCCCCCCCCCCCCC)C(CO[C@@H]1O[C@H](CO)[C@@H](O[C@@H]2O[C@H](CO)[C@H](O[C@@H]3O[C@H](CO)[C@H](O[C@@H]4O[C@H](CO)[C@H](O)[C@H](O[C@@]5(C(=O)[O-])C[C@@H](O)[C@H](NC(C)=O)C([C@@H](O)[C@H](O)CO)O5)[C@H]4O)[C@H](O)[C@H]3NC(C)=O)[C@H](O[C@@]3(C(=O)[O-])C[C@@H](O)[C@H](NC(C)=O)C([C@@H](O)[C@H](O)CO)O3)[C@H]2O)[C@H](O)[C@H]1O)NC(=O)CCCCCCCCCCCCCCCCC.[Na+].[Na+]. The molecule has 0 spiro atoms. The average Bonchev–Trinajstić information content (AvgIpc) is 0.745. The van der Waals surface area contributed by atoms with Gasteiger partial charge < -0.3 is 195 Å². The van der Waals surface area contributed by atoms with Gasteiger partial charge in [0.2, 0.25) is 35.2 Å². The number of carboxylic acid groups (broad SMARTS) is 2. The number of unbranched alkanes of at least 4 members (excludes halogenated alkanes) is 39. The molecule has 0 radical (unpaired) electrons. The van der Waals surface area contributed by atoms with Crippen LogP contribution in [0.5, 0.6) is 0 Å². The van der Waals surface area contributed by atoms with Crippen molar-refractivity contribution in [3.63, 3.8) is 0 Å². The molecule has 0 aromatic heterocycles. The number of nitrogens with one attached hydrogen (secondary N) is 4. The van der Waals surface area contributed by atoms with Gasteiger partial charge in [-0.3, -0.25) is 24.0 Å². The van der Waals surface area contributed by atoms with Gasteiger partial charge in [-0.1, -0.05) is 271 Å². The maximum absolute atomic E-state index is 14.4. The molecule has 6 fully saturated rings. The van der Waals surface area contributed by atoms with E-state index in [-0.39, 0.29) is 72.0 Å². The molecule has 4 unspecified atom stereocenters. The summed E-state index contributed by atoms with van der Waals surface area (Å²) < 4.78 is 79.1. The predicted octanol–water partition coefficient (Wildman–Crippen LogP) is -5.72. The second kappa shape index (κ2) is 75.0. The number of allylic oxidation sites excluding steroid dienone is 1. The molecule has 44 nitrogen and oxygen atoms in total. The molecule has 0 saturated carbocycles. The van der Waals surface area contributed by atoms with Crippen LogP contribution in [0, 0.1) is 0 Å². The van der Waals surface area contributed by atoms with Crippen molar-refractivity contribution in [1.82, 2.24) is 21.3 Å². The van der Waals surface area contributed by atoms with Gasteiger partial charge in [-0.05, 0) is 31.8 Å². The molecule has 148 heavy (non-hydrogen) atoms. The molecule has 6 rings (SSSR count). The zero-order valence-corrected chi connectivity index (χ0v) is 92.6. The summed E-state index contributed by atoms with van der Waals surface area (Å²) in [5, 5.41) is 243. The fourth-order valence-corrected chi connectivity index (χ4v) is 19.9. The number of carbonyl (C=O) groups excluding carboxylic acids is 7. The molecule has 46 heteroatoms. The standard InChI is InChI=1S/C102H182N4O40.2Na/c1-7-10-13-16-19-22-25-28-30-33-36-39-42-45-48-51-75(120)106-65(70(50-47-44-41-38-35-32-27-24-21-18-15-12-9-3)135-76(121)52-49-46-43-40-37-34-31-29-26-23-20-17-14-11-8-2)61-134-96-85(127)84(126)89(73(59-111)138-96)141-98-87(129)94(146-102(100(132)133)54-67(117)78(104-63(5)114)92(144-102)81(123)69(119)56-108)90(74(60-112)139-98)142-95-79(105-64(6)115)83(125)88(72(58-110)137-95)140-97-86(128)93(82(124)71(57-109)136-97)145-101(99(130)131)53-66(116)77(103-62(4)113)91(143-101)80(122)68(118)55-107;;/h47,50,65-74,77-98,107-112,116-119,122-129H,7-46,48-49,51-61H2,1-6H3,(H,103,113)(H,104,114)(H,105,115)(H,106,120)(H,130,131)(H,132,133);;/q;2*+1/p-2/b50-47+;;/t65?,66-,67-,68-,69-,70?,71-,72-,73-,74-,77+,78+,79-,80+,81+,82+,83-,84-,85-,86-,87-,88+,89-,90+,91?,92?,93+,94-,95+,96-,97+,98+,101-,102-;;/m1../s1. The molecule has 34 atom stereocenters. The van der Waals surface area contributed by atoms with Gasteiger partial charge in [-0.25, -0.2) is 0 Å². The Balaban J connectivity index is 0.0000228. The van der Waals surface area contributed by atoms with Gasteiger partial charge in [0.1, 0.15) is 152 Å². The third-order valence-electron chi connectivity index (χ3n) is 28.3. The number of amides is 4. The minimum atomic E-state index is -3.61. The maximum Gasteiger partial charge on any atom is 1.00 e. The van der Waals surface area contributed by atoms with Gasteiger partial charge in [-0.2, -0.15) is 0 Å². The molecule has 6 aliphatic heterocycles. The second-order valence-corrected chi connectivity index (χ2v) is 40.4. The predicted molar refractivity (Wildman–Crippen MR) is 518 cm³/mol. The summed E-state index contributed by atoms with van der Waals surface area (Å²) in [5.41, 5.74) is 0. The molecule has 6 aliphatic rings. The van der Waals surface area contributed by atoms with Crippen molar-refractivity contribution in [3.8, 4) is 0 Å². The zero-order valence-electron chi connectivity index (χ0n) is 88.6. The Morgan fingerprint density at radius 1 is 0.378 bits per heavy atom. The Kier molecular flexibility index (Phi) is 69.5. The van der Waals surface area contributed by atoms with E-state index in [1.54, 1.807) is 6.08 Å². The van der Waals surface area contributed by atoms with E-state index in [0.717, 1.165) is 124 Å². The van der Waals surface area contributed by atoms with Crippen LogP contribution in [-0.4, -0.2) is 387 Å². The van der Waals surface area contributed by atoms with E-state index >= 15 is 0 Å². The Labute approximate surface area is 915 Å². The fraction of sp³-hybridized carbons (Fsp3) is 0.912. The van der Waals surface area contributed by atoms with Crippen LogP contribution in [0.4, 0.5) is 0 Å². The Hall–Kier alpha value is -3.17. The van der Waals surface area contributed by atoms with E-state index in [9.17, 15) is 136 Å². The summed E-state index contributed by atoms with van der Waals surface area (Å²) in [6.45, 7) is 1.30. The summed E-state index contributed by atoms with van der Waals surface area (Å²) in [4.78, 5) is 94.3. The first-order valence-electron chi connectivity index (χ1n) is 54.1. The minimum absolute atomic E-state index is 0. The number of hydrogen-bond acceptors (Lipinski definition) is 40. The fourth-order valence-electron chi connectivity index (χ4n) is 19.9. The van der Waals surface area contributed by atoms with Gasteiger partial charge in [0.15, 0.2) is 25.2 Å². The number of esters is 1. The van der Waals surface area contributed by atoms with Crippen LogP contribution in [-0.2, 0) is 95.1 Å². The molecule has 0 aromatic carbocycles. The molecular weight excluding hydrogens is 1970 g/mol. The van der Waals surface area contributed by atoms with E-state index in [1.165, 1.54) is 148 Å². The molecule has 22 N–H and O–H groups in total. The smallest absolute Gasteiger partial charge is 0.544 e. The monoisotopic (exact) mass is 2150 g/mol. The van der Waals surface area contributed by atoms with E-state index in [1.807, 2.05) is 6.08 Å². The van der Waals surface area contributed by atoms with Crippen LogP contribution in [0.1, 0.15) is 337 Å². The summed E-state index contributed by atoms with van der Waals surface area (Å²) in [5.74, 6) is -15.7. The first kappa shape index (κ1) is 137. The summed E-state index contributed by atoms with van der Waals surface area (Å²) in [6.07, 6.45) is -16.0. The van der Waals surface area contributed by atoms with Crippen molar-refractivity contribution in [1.29, 1.82) is 0 Å². The quantitative estimate of drug-likeness (QED) is 0.0117. The van der Waals surface area contributed by atoms with Gasteiger partial charge in [0.25, 0.3) is 0 Å². The van der Waals surface area contributed by atoms with Crippen LogP contribution in [0.2, 0.25) is 0 Å². The third-order valence-corrected chi connectivity index (χ3v) is 28.3.